The maximum atomic E-state index is 15.2. The van der Waals surface area contributed by atoms with Gasteiger partial charge in [-0.15, -0.1) is 0 Å². The fraction of sp³-hybridized carbons (Fsp3) is 0.321. The number of halogens is 7. The number of nitrogens with one attached hydrogen (secondary N) is 2. The van der Waals surface area contributed by atoms with Crippen molar-refractivity contribution < 1.29 is 54.9 Å². The van der Waals surface area contributed by atoms with Crippen LogP contribution >= 0.6 is 0 Å². The maximum absolute atomic E-state index is 15.2. The number of carbonyl (C=O) groups is 2. The molecular formula is C28H25F7N4O5. The fourth-order valence-corrected chi connectivity index (χ4v) is 4.73. The average molecular weight is 631 g/mol. The quantitative estimate of drug-likeness (QED) is 0.278. The third-order valence-electron chi connectivity index (χ3n) is 6.66. The molecule has 44 heavy (non-hydrogen) atoms. The minimum Gasteiger partial charge on any atom is -0.497 e. The molecule has 3 N–H and O–H groups in total. The number of anilines is 2. The minimum absolute atomic E-state index is 0.175. The zero-order valence-electron chi connectivity index (χ0n) is 23.0. The Labute approximate surface area is 245 Å². The lowest BCUT2D eigenvalue weighted by atomic mass is 9.92. The summed E-state index contributed by atoms with van der Waals surface area (Å²) in [5.74, 6) is -7.50. The Bertz CT molecular complexity index is 1500. The molecule has 2 amide bonds. The summed E-state index contributed by atoms with van der Waals surface area (Å²) in [6.45, 7) is -2.82. The third-order valence-corrected chi connectivity index (χ3v) is 6.66. The molecule has 0 spiro atoms. The Morgan fingerprint density at radius 3 is 2.30 bits per heavy atom. The van der Waals surface area contributed by atoms with Crippen LogP contribution in [0.15, 0.2) is 48.7 Å². The lowest BCUT2D eigenvalue weighted by Gasteiger charge is -2.23. The van der Waals surface area contributed by atoms with Gasteiger partial charge in [-0.05, 0) is 37.3 Å². The van der Waals surface area contributed by atoms with E-state index in [0.717, 1.165) is 55.8 Å². The van der Waals surface area contributed by atoms with Crippen molar-refractivity contribution in [3.63, 3.8) is 0 Å². The number of methoxy groups -OCH3 is 1. The van der Waals surface area contributed by atoms with Crippen molar-refractivity contribution in [1.29, 1.82) is 0 Å². The summed E-state index contributed by atoms with van der Waals surface area (Å²) >= 11 is 0. The summed E-state index contributed by atoms with van der Waals surface area (Å²) in [6.07, 6.45) is -5.15. The van der Waals surface area contributed by atoms with Crippen molar-refractivity contribution in [2.45, 2.75) is 37.8 Å². The monoisotopic (exact) mass is 630 g/mol. The van der Waals surface area contributed by atoms with E-state index in [4.69, 9.17) is 4.74 Å². The highest BCUT2D eigenvalue weighted by molar-refractivity contribution is 6.05. The van der Waals surface area contributed by atoms with Crippen LogP contribution in [0.2, 0.25) is 0 Å². The van der Waals surface area contributed by atoms with Gasteiger partial charge in [-0.3, -0.25) is 14.5 Å². The van der Waals surface area contributed by atoms with Gasteiger partial charge in [0, 0.05) is 48.5 Å². The summed E-state index contributed by atoms with van der Waals surface area (Å²) in [7, 11) is 1.15. The van der Waals surface area contributed by atoms with Crippen molar-refractivity contribution in [1.82, 2.24) is 10.3 Å². The number of benzene rings is 2. The van der Waals surface area contributed by atoms with Crippen LogP contribution in [0.3, 0.4) is 0 Å². The summed E-state index contributed by atoms with van der Waals surface area (Å²) in [4.78, 5) is 31.1. The molecule has 0 aliphatic carbocycles. The summed E-state index contributed by atoms with van der Waals surface area (Å²) in [5, 5.41) is 14.3. The molecule has 2 aromatic carbocycles. The standard InChI is InChI=1S/C28H25F7N4O5/c1-13(40)11-37-20-7-8-36-24(22(20)28(33,34)35)39-12-17(21-18(29)9-16(43-2)10-19(21)30)23(26(39)42)38-25(41)14-3-5-15(6-4-14)44-27(31)32/h3-10,13,17,23,27,40H,11-12H2,1-2H3,(H,36,37)(H,38,41)/t13?,17-,23-/m0/s1. The lowest BCUT2D eigenvalue weighted by Crippen LogP contribution is -2.44. The Morgan fingerprint density at radius 2 is 1.75 bits per heavy atom. The van der Waals surface area contributed by atoms with Crippen LogP contribution in [0.5, 0.6) is 11.5 Å². The van der Waals surface area contributed by atoms with Gasteiger partial charge < -0.3 is 25.2 Å². The van der Waals surface area contributed by atoms with Crippen LogP contribution in [-0.4, -0.2) is 60.9 Å². The van der Waals surface area contributed by atoms with E-state index >= 15 is 8.78 Å². The van der Waals surface area contributed by atoms with Crippen LogP contribution in [0, 0.1) is 11.6 Å². The lowest BCUT2D eigenvalue weighted by molar-refractivity contribution is -0.136. The zero-order chi connectivity index (χ0) is 32.3. The first-order chi connectivity index (χ1) is 20.7. The van der Waals surface area contributed by atoms with Crippen LogP contribution in [-0.2, 0) is 11.0 Å². The van der Waals surface area contributed by atoms with E-state index in [1.165, 1.54) is 6.92 Å². The maximum Gasteiger partial charge on any atom is 0.421 e. The number of pyridine rings is 1. The predicted molar refractivity (Wildman–Crippen MR) is 142 cm³/mol. The molecule has 1 aromatic heterocycles. The smallest absolute Gasteiger partial charge is 0.421 e. The van der Waals surface area contributed by atoms with Gasteiger partial charge in [0.05, 0.1) is 18.9 Å². The van der Waals surface area contributed by atoms with Crippen LogP contribution in [0.4, 0.5) is 42.2 Å². The molecule has 2 heterocycles. The van der Waals surface area contributed by atoms with E-state index in [1.54, 1.807) is 0 Å². The zero-order valence-corrected chi connectivity index (χ0v) is 23.0. The van der Waals surface area contributed by atoms with Gasteiger partial charge in [-0.25, -0.2) is 13.8 Å². The number of aromatic nitrogens is 1. The second kappa shape index (κ2) is 13.0. The molecule has 1 aliphatic rings. The van der Waals surface area contributed by atoms with Crippen molar-refractivity contribution in [2.24, 2.45) is 0 Å². The number of nitrogens with zero attached hydrogens (tertiary/aromatic N) is 2. The number of carbonyl (C=O) groups excluding carboxylic acids is 2. The Hall–Kier alpha value is -4.60. The topological polar surface area (TPSA) is 113 Å². The first kappa shape index (κ1) is 32.3. The molecule has 3 aromatic rings. The summed E-state index contributed by atoms with van der Waals surface area (Å²) in [5.41, 5.74) is -2.78. The molecule has 0 saturated carbocycles. The Balaban J connectivity index is 1.78. The molecule has 0 radical (unpaired) electrons. The Kier molecular flexibility index (Phi) is 9.51. The minimum atomic E-state index is -5.08. The number of hydrogen-bond acceptors (Lipinski definition) is 7. The number of alkyl halides is 5. The largest absolute Gasteiger partial charge is 0.497 e. The van der Waals surface area contributed by atoms with Crippen molar-refractivity contribution in [2.75, 3.05) is 30.4 Å². The van der Waals surface area contributed by atoms with Crippen molar-refractivity contribution in [3.05, 3.63) is 77.0 Å². The van der Waals surface area contributed by atoms with E-state index < -0.39 is 83.5 Å². The van der Waals surface area contributed by atoms with Gasteiger partial charge in [0.2, 0.25) is 0 Å². The highest BCUT2D eigenvalue weighted by Crippen LogP contribution is 2.44. The Morgan fingerprint density at radius 1 is 1.11 bits per heavy atom. The molecule has 236 valence electrons. The van der Waals surface area contributed by atoms with Gasteiger partial charge in [0.15, 0.2) is 0 Å². The number of aliphatic hydroxyl groups excluding tert-OH is 1. The van der Waals surface area contributed by atoms with Crippen molar-refractivity contribution in [3.8, 4) is 11.5 Å². The number of rotatable bonds is 10. The molecule has 3 atom stereocenters. The van der Waals surface area contributed by atoms with Crippen LogP contribution in [0.1, 0.15) is 34.3 Å². The summed E-state index contributed by atoms with van der Waals surface area (Å²) in [6, 6.07) is 5.04. The van der Waals surface area contributed by atoms with Crippen molar-refractivity contribution >= 4 is 23.3 Å². The first-order valence-corrected chi connectivity index (χ1v) is 12.9. The predicted octanol–water partition coefficient (Wildman–Crippen LogP) is 4.71. The first-order valence-electron chi connectivity index (χ1n) is 12.9. The van der Waals surface area contributed by atoms with Gasteiger partial charge in [-0.2, -0.15) is 22.0 Å². The van der Waals surface area contributed by atoms with E-state index in [-0.39, 0.29) is 23.6 Å². The van der Waals surface area contributed by atoms with Crippen LogP contribution in [0.25, 0.3) is 0 Å². The normalized spacial score (nSPS) is 17.5. The highest BCUT2D eigenvalue weighted by atomic mass is 19.4. The fourth-order valence-electron chi connectivity index (χ4n) is 4.73. The van der Waals surface area contributed by atoms with E-state index in [2.05, 4.69) is 20.4 Å². The van der Waals surface area contributed by atoms with Gasteiger partial charge in [0.25, 0.3) is 11.8 Å². The number of ether oxygens (including phenoxy) is 2. The highest BCUT2D eigenvalue weighted by Gasteiger charge is 2.49. The molecule has 1 aliphatic heterocycles. The summed E-state index contributed by atoms with van der Waals surface area (Å²) < 4.78 is 108. The number of hydrogen-bond donors (Lipinski definition) is 3. The molecule has 16 heteroatoms. The average Bonchev–Trinajstić information content (AvgIpc) is 3.25. The third kappa shape index (κ3) is 6.96. The van der Waals surface area contributed by atoms with Gasteiger partial charge >= 0.3 is 12.8 Å². The number of aliphatic hydroxyl groups is 1. The van der Waals surface area contributed by atoms with Gasteiger partial charge in [0.1, 0.15) is 40.6 Å². The second-order valence-corrected chi connectivity index (χ2v) is 9.70. The molecule has 0 bridgehead atoms. The molecule has 1 saturated heterocycles. The van der Waals surface area contributed by atoms with E-state index in [1.807, 2.05) is 0 Å². The molecule has 9 nitrogen and oxygen atoms in total. The van der Waals surface area contributed by atoms with E-state index in [0.29, 0.717) is 4.90 Å². The SMILES string of the molecule is COc1cc(F)c([C@@H]2CN(c3nccc(NCC(C)O)c3C(F)(F)F)C(=O)[C@H]2NC(=O)c2ccc(OC(F)F)cc2)c(F)c1. The molecular weight excluding hydrogens is 605 g/mol. The second-order valence-electron chi connectivity index (χ2n) is 9.70. The molecule has 1 unspecified atom stereocenters. The van der Waals surface area contributed by atoms with E-state index in [9.17, 15) is 36.6 Å². The van der Waals surface area contributed by atoms with Crippen LogP contribution < -0.4 is 25.0 Å². The molecule has 1 fully saturated rings. The number of amides is 2. The van der Waals surface area contributed by atoms with Gasteiger partial charge in [-0.1, -0.05) is 0 Å². The molecule has 4 rings (SSSR count).